The summed E-state index contributed by atoms with van der Waals surface area (Å²) in [5, 5.41) is 5.40. The fourth-order valence-corrected chi connectivity index (χ4v) is 2.22. The maximum atomic E-state index is 12.3. The van der Waals surface area contributed by atoms with Crippen molar-refractivity contribution in [3.05, 3.63) is 66.2 Å². The highest BCUT2D eigenvalue weighted by atomic mass is 16.5. The Labute approximate surface area is 159 Å². The number of benzene rings is 2. The molecule has 2 aromatic rings. The molecule has 0 aliphatic heterocycles. The van der Waals surface area contributed by atoms with Crippen LogP contribution in [0.2, 0.25) is 0 Å². The lowest BCUT2D eigenvalue weighted by Gasteiger charge is -2.14. The number of methoxy groups -OCH3 is 1. The average Bonchev–Trinajstić information content (AvgIpc) is 2.67. The monoisotopic (exact) mass is 368 g/mol. The Balaban J connectivity index is 1.85. The van der Waals surface area contributed by atoms with E-state index < -0.39 is 6.04 Å². The SMILES string of the molecule is COCCOc1cccc(NC(=O)C(C)NC(=O)C=Cc2ccccc2)c1. The fraction of sp³-hybridized carbons (Fsp3) is 0.238. The number of ether oxygens (including phenoxy) is 2. The minimum atomic E-state index is -0.684. The molecule has 2 amide bonds. The maximum absolute atomic E-state index is 12.3. The maximum Gasteiger partial charge on any atom is 0.246 e. The van der Waals surface area contributed by atoms with E-state index in [0.717, 1.165) is 5.56 Å². The molecule has 0 bridgehead atoms. The number of carbonyl (C=O) groups is 2. The van der Waals surface area contributed by atoms with E-state index in [9.17, 15) is 9.59 Å². The first-order valence-electron chi connectivity index (χ1n) is 8.65. The lowest BCUT2D eigenvalue weighted by molar-refractivity contribution is -0.123. The van der Waals surface area contributed by atoms with Crippen LogP contribution in [0.5, 0.6) is 5.75 Å². The fourth-order valence-electron chi connectivity index (χ4n) is 2.22. The second-order valence-corrected chi connectivity index (χ2v) is 5.83. The van der Waals surface area contributed by atoms with E-state index in [1.165, 1.54) is 6.08 Å². The van der Waals surface area contributed by atoms with Gasteiger partial charge in [0.05, 0.1) is 6.61 Å². The molecule has 27 heavy (non-hydrogen) atoms. The van der Waals surface area contributed by atoms with Gasteiger partial charge < -0.3 is 20.1 Å². The largest absolute Gasteiger partial charge is 0.491 e. The number of anilines is 1. The molecule has 2 N–H and O–H groups in total. The van der Waals surface area contributed by atoms with Gasteiger partial charge in [-0.25, -0.2) is 0 Å². The highest BCUT2D eigenvalue weighted by Crippen LogP contribution is 2.17. The van der Waals surface area contributed by atoms with Crippen LogP contribution in [0.3, 0.4) is 0 Å². The Morgan fingerprint density at radius 3 is 2.59 bits per heavy atom. The summed E-state index contributed by atoms with van der Waals surface area (Å²) in [6.07, 6.45) is 3.10. The number of carbonyl (C=O) groups excluding carboxylic acids is 2. The molecule has 2 rings (SSSR count). The van der Waals surface area contributed by atoms with Crippen LogP contribution >= 0.6 is 0 Å². The Hall–Kier alpha value is -3.12. The summed E-state index contributed by atoms with van der Waals surface area (Å²) in [5.74, 6) is -0.0176. The van der Waals surface area contributed by atoms with Gasteiger partial charge >= 0.3 is 0 Å². The molecule has 1 atom stereocenters. The molecule has 0 saturated carbocycles. The summed E-state index contributed by atoms with van der Waals surface area (Å²) in [4.78, 5) is 24.3. The highest BCUT2D eigenvalue weighted by Gasteiger charge is 2.14. The van der Waals surface area contributed by atoms with Crippen LogP contribution in [0.4, 0.5) is 5.69 Å². The smallest absolute Gasteiger partial charge is 0.246 e. The normalized spacial score (nSPS) is 11.8. The molecule has 0 aliphatic rings. The highest BCUT2D eigenvalue weighted by molar-refractivity contribution is 5.99. The van der Waals surface area contributed by atoms with Crippen molar-refractivity contribution in [3.63, 3.8) is 0 Å². The number of hydrogen-bond donors (Lipinski definition) is 2. The molecule has 0 heterocycles. The van der Waals surface area contributed by atoms with Gasteiger partial charge in [0.15, 0.2) is 0 Å². The summed E-state index contributed by atoms with van der Waals surface area (Å²) < 4.78 is 10.4. The van der Waals surface area contributed by atoms with Crippen LogP contribution in [0.1, 0.15) is 12.5 Å². The molecule has 6 nitrogen and oxygen atoms in total. The zero-order valence-corrected chi connectivity index (χ0v) is 15.5. The van der Waals surface area contributed by atoms with Gasteiger partial charge in [0.1, 0.15) is 18.4 Å². The second kappa shape index (κ2) is 10.8. The lowest BCUT2D eigenvalue weighted by Crippen LogP contribution is -2.40. The molecule has 1 unspecified atom stereocenters. The van der Waals surface area contributed by atoms with Crippen LogP contribution in [-0.2, 0) is 14.3 Å². The van der Waals surface area contributed by atoms with Gasteiger partial charge in [-0.15, -0.1) is 0 Å². The second-order valence-electron chi connectivity index (χ2n) is 5.83. The van der Waals surface area contributed by atoms with Crippen LogP contribution in [-0.4, -0.2) is 38.2 Å². The Bertz CT molecular complexity index is 775. The number of hydrogen-bond acceptors (Lipinski definition) is 4. The van der Waals surface area contributed by atoms with E-state index >= 15 is 0 Å². The third-order valence-corrected chi connectivity index (χ3v) is 3.64. The molecule has 6 heteroatoms. The van der Waals surface area contributed by atoms with Crippen molar-refractivity contribution in [1.82, 2.24) is 5.32 Å². The Kier molecular flexibility index (Phi) is 8.06. The summed E-state index contributed by atoms with van der Waals surface area (Å²) in [6.45, 7) is 2.53. The van der Waals surface area contributed by atoms with E-state index in [-0.39, 0.29) is 11.8 Å². The number of amides is 2. The average molecular weight is 368 g/mol. The zero-order chi connectivity index (χ0) is 19.5. The lowest BCUT2D eigenvalue weighted by atomic mass is 10.2. The molecule has 0 spiro atoms. The molecule has 0 aliphatic carbocycles. The zero-order valence-electron chi connectivity index (χ0n) is 15.5. The molecular weight excluding hydrogens is 344 g/mol. The van der Waals surface area contributed by atoms with Crippen molar-refractivity contribution >= 4 is 23.6 Å². The standard InChI is InChI=1S/C21H24N2O4/c1-16(22-20(24)12-11-17-7-4-3-5-8-17)21(25)23-18-9-6-10-19(15-18)27-14-13-26-2/h3-12,15-16H,13-14H2,1-2H3,(H,22,24)(H,23,25). The van der Waals surface area contributed by atoms with E-state index in [1.54, 1.807) is 44.4 Å². The molecule has 2 aromatic carbocycles. The molecule has 0 aromatic heterocycles. The first kappa shape index (κ1) is 20.2. The van der Waals surface area contributed by atoms with Crippen LogP contribution in [0, 0.1) is 0 Å². The molecule has 0 radical (unpaired) electrons. The van der Waals surface area contributed by atoms with Crippen molar-refractivity contribution < 1.29 is 19.1 Å². The Morgan fingerprint density at radius 2 is 1.85 bits per heavy atom. The first-order chi connectivity index (χ1) is 13.1. The Morgan fingerprint density at radius 1 is 1.07 bits per heavy atom. The molecule has 0 fully saturated rings. The van der Waals surface area contributed by atoms with Gasteiger partial charge in [-0.2, -0.15) is 0 Å². The van der Waals surface area contributed by atoms with E-state index in [2.05, 4.69) is 10.6 Å². The van der Waals surface area contributed by atoms with E-state index in [0.29, 0.717) is 24.7 Å². The minimum Gasteiger partial charge on any atom is -0.491 e. The van der Waals surface area contributed by atoms with Gasteiger partial charge in [0.25, 0.3) is 0 Å². The predicted molar refractivity (Wildman–Crippen MR) is 106 cm³/mol. The van der Waals surface area contributed by atoms with Gasteiger partial charge in [-0.1, -0.05) is 36.4 Å². The molecule has 142 valence electrons. The van der Waals surface area contributed by atoms with Crippen LogP contribution < -0.4 is 15.4 Å². The van der Waals surface area contributed by atoms with Gasteiger partial charge in [-0.3, -0.25) is 9.59 Å². The van der Waals surface area contributed by atoms with Crippen molar-refractivity contribution in [2.24, 2.45) is 0 Å². The summed E-state index contributed by atoms with van der Waals surface area (Å²) in [6, 6.07) is 15.8. The van der Waals surface area contributed by atoms with Gasteiger partial charge in [-0.05, 0) is 30.7 Å². The minimum absolute atomic E-state index is 0.314. The van der Waals surface area contributed by atoms with Crippen molar-refractivity contribution in [2.75, 3.05) is 25.6 Å². The van der Waals surface area contributed by atoms with Crippen LogP contribution in [0.25, 0.3) is 6.08 Å². The van der Waals surface area contributed by atoms with Gasteiger partial charge in [0, 0.05) is 24.9 Å². The molecular formula is C21H24N2O4. The number of nitrogens with one attached hydrogen (secondary N) is 2. The topological polar surface area (TPSA) is 76.7 Å². The summed E-state index contributed by atoms with van der Waals surface area (Å²) in [7, 11) is 1.60. The van der Waals surface area contributed by atoms with E-state index in [1.807, 2.05) is 30.3 Å². The van der Waals surface area contributed by atoms with Crippen molar-refractivity contribution in [1.29, 1.82) is 0 Å². The quantitative estimate of drug-likeness (QED) is 0.527. The third-order valence-electron chi connectivity index (χ3n) is 3.64. The van der Waals surface area contributed by atoms with E-state index in [4.69, 9.17) is 9.47 Å². The van der Waals surface area contributed by atoms with Crippen molar-refractivity contribution in [2.45, 2.75) is 13.0 Å². The first-order valence-corrected chi connectivity index (χ1v) is 8.65. The van der Waals surface area contributed by atoms with Crippen LogP contribution in [0.15, 0.2) is 60.7 Å². The summed E-state index contributed by atoms with van der Waals surface area (Å²) in [5.41, 5.74) is 1.51. The van der Waals surface area contributed by atoms with Crippen molar-refractivity contribution in [3.8, 4) is 5.75 Å². The predicted octanol–water partition coefficient (Wildman–Crippen LogP) is 2.87. The third kappa shape index (κ3) is 7.33. The molecule has 0 saturated heterocycles. The van der Waals surface area contributed by atoms with Gasteiger partial charge in [0.2, 0.25) is 11.8 Å². The number of rotatable bonds is 9. The summed E-state index contributed by atoms with van der Waals surface area (Å²) >= 11 is 0.